The van der Waals surface area contributed by atoms with E-state index in [0.717, 1.165) is 36.7 Å². The molecule has 2 aromatic carbocycles. The summed E-state index contributed by atoms with van der Waals surface area (Å²) in [6, 6.07) is 18.3. The fourth-order valence-electron chi connectivity index (χ4n) is 5.45. The molecule has 2 amide bonds. The zero-order valence-electron chi connectivity index (χ0n) is 23.1. The zero-order chi connectivity index (χ0) is 27.4. The van der Waals surface area contributed by atoms with Crippen LogP contribution in [0.4, 0.5) is 0 Å². The van der Waals surface area contributed by atoms with Gasteiger partial charge >= 0.3 is 0 Å². The third-order valence-corrected chi connectivity index (χ3v) is 8.78. The number of hydrogen-bond donors (Lipinski definition) is 0. The van der Waals surface area contributed by atoms with E-state index in [9.17, 15) is 9.59 Å². The monoisotopic (exact) mass is 546 g/mol. The highest BCUT2D eigenvalue weighted by molar-refractivity contribution is 7.09. The number of likely N-dealkylation sites (tertiary alicyclic amines) is 1. The first kappa shape index (κ1) is 27.3. The van der Waals surface area contributed by atoms with E-state index in [0.29, 0.717) is 43.5 Å². The maximum absolute atomic E-state index is 13.2. The van der Waals surface area contributed by atoms with Crippen LogP contribution in [0.25, 0.3) is 0 Å². The molecule has 3 aromatic rings. The van der Waals surface area contributed by atoms with Crippen LogP contribution in [0, 0.1) is 0 Å². The van der Waals surface area contributed by atoms with E-state index in [1.165, 1.54) is 5.56 Å². The molecule has 1 atom stereocenters. The van der Waals surface area contributed by atoms with E-state index in [2.05, 4.69) is 36.1 Å². The predicted octanol–water partition coefficient (Wildman–Crippen LogP) is 5.47. The summed E-state index contributed by atoms with van der Waals surface area (Å²) in [5.74, 6) is 1.14. The van der Waals surface area contributed by atoms with Crippen molar-refractivity contribution in [2.24, 2.45) is 0 Å². The molecule has 2 saturated heterocycles. The molecule has 1 aromatic heterocycles. The second-order valence-corrected chi connectivity index (χ2v) is 11.6. The van der Waals surface area contributed by atoms with Crippen LogP contribution in [0.5, 0.6) is 5.75 Å². The molecular formula is C31H38N4O3S. The summed E-state index contributed by atoms with van der Waals surface area (Å²) < 4.78 is 5.69. The van der Waals surface area contributed by atoms with Crippen LogP contribution in [0.3, 0.4) is 0 Å². The summed E-state index contributed by atoms with van der Waals surface area (Å²) in [4.78, 5) is 37.3. The van der Waals surface area contributed by atoms with Crippen molar-refractivity contribution < 1.29 is 14.3 Å². The van der Waals surface area contributed by atoms with Gasteiger partial charge in [-0.25, -0.2) is 4.98 Å². The molecule has 8 heteroatoms. The molecule has 3 heterocycles. The Morgan fingerprint density at radius 1 is 0.846 bits per heavy atom. The van der Waals surface area contributed by atoms with Crippen LogP contribution < -0.4 is 4.74 Å². The summed E-state index contributed by atoms with van der Waals surface area (Å²) in [5.41, 5.74) is 2.55. The molecular weight excluding hydrogens is 508 g/mol. The summed E-state index contributed by atoms with van der Waals surface area (Å²) in [6.07, 6.45) is 1.82. The molecule has 2 fully saturated rings. The van der Waals surface area contributed by atoms with E-state index >= 15 is 0 Å². The summed E-state index contributed by atoms with van der Waals surface area (Å²) in [7, 11) is 0. The maximum Gasteiger partial charge on any atom is 0.273 e. The third-order valence-electron chi connectivity index (χ3n) is 7.78. The molecule has 0 saturated carbocycles. The van der Waals surface area contributed by atoms with Gasteiger partial charge in [0.25, 0.3) is 11.8 Å². The smallest absolute Gasteiger partial charge is 0.273 e. The first-order valence-electron chi connectivity index (χ1n) is 14.0. The first-order chi connectivity index (χ1) is 18.9. The van der Waals surface area contributed by atoms with Crippen molar-refractivity contribution in [3.8, 4) is 5.75 Å². The maximum atomic E-state index is 13.2. The van der Waals surface area contributed by atoms with Crippen molar-refractivity contribution in [1.29, 1.82) is 0 Å². The van der Waals surface area contributed by atoms with Crippen molar-refractivity contribution in [1.82, 2.24) is 19.7 Å². The molecule has 7 nitrogen and oxygen atoms in total. The molecule has 1 unspecified atom stereocenters. The number of benzene rings is 2. The largest absolute Gasteiger partial charge is 0.491 e. The quantitative estimate of drug-likeness (QED) is 0.393. The standard InChI is InChI=1S/C31H38N4O3S/c1-22(2)38-27-11-9-26(10-12-27)30(36)34-15-13-25(14-16-34)29-32-28(21-39-29)31(37)35-19-17-33(18-20-35)23(3)24-7-5-4-6-8-24/h4-12,21-23,25H,13-20H2,1-3H3. The number of piperidine rings is 1. The molecule has 2 aliphatic heterocycles. The van der Waals surface area contributed by atoms with Gasteiger partial charge in [0.2, 0.25) is 0 Å². The van der Waals surface area contributed by atoms with Crippen LogP contribution in [0.15, 0.2) is 60.0 Å². The number of carbonyl (C=O) groups excluding carboxylic acids is 2. The van der Waals surface area contributed by atoms with E-state index in [-0.39, 0.29) is 23.8 Å². The van der Waals surface area contributed by atoms with Crippen molar-refractivity contribution in [3.05, 3.63) is 81.8 Å². The number of ether oxygens (including phenoxy) is 1. The van der Waals surface area contributed by atoms with Crippen molar-refractivity contribution >= 4 is 23.2 Å². The number of rotatable bonds is 7. The van der Waals surface area contributed by atoms with Crippen molar-refractivity contribution in [2.75, 3.05) is 39.3 Å². The SMILES string of the molecule is CC(C)Oc1ccc(C(=O)N2CCC(c3nc(C(=O)N4CCN(C(C)c5ccccc5)CC4)cs3)CC2)cc1. The van der Waals surface area contributed by atoms with Gasteiger partial charge < -0.3 is 14.5 Å². The Kier molecular flexibility index (Phi) is 8.63. The van der Waals surface area contributed by atoms with Crippen LogP contribution in [-0.4, -0.2) is 76.9 Å². The van der Waals surface area contributed by atoms with Crippen LogP contribution in [-0.2, 0) is 0 Å². The van der Waals surface area contributed by atoms with Gasteiger partial charge in [0, 0.05) is 62.2 Å². The number of aromatic nitrogens is 1. The molecule has 0 spiro atoms. The summed E-state index contributed by atoms with van der Waals surface area (Å²) in [6.45, 7) is 10.7. The Labute approximate surface area is 235 Å². The highest BCUT2D eigenvalue weighted by Gasteiger charge is 2.29. The average molecular weight is 547 g/mol. The lowest BCUT2D eigenvalue weighted by atomic mass is 9.97. The summed E-state index contributed by atoms with van der Waals surface area (Å²) in [5, 5.41) is 2.92. The Hall–Kier alpha value is -3.23. The second-order valence-electron chi connectivity index (χ2n) is 10.7. The lowest BCUT2D eigenvalue weighted by Gasteiger charge is -2.38. The molecule has 0 radical (unpaired) electrons. The molecule has 0 N–H and O–H groups in total. The van der Waals surface area contributed by atoms with E-state index in [1.54, 1.807) is 11.3 Å². The van der Waals surface area contributed by atoms with Crippen LogP contribution in [0.2, 0.25) is 0 Å². The number of nitrogens with zero attached hydrogens (tertiary/aromatic N) is 4. The highest BCUT2D eigenvalue weighted by Crippen LogP contribution is 2.31. The van der Waals surface area contributed by atoms with Gasteiger partial charge in [-0.3, -0.25) is 14.5 Å². The lowest BCUT2D eigenvalue weighted by Crippen LogP contribution is -2.49. The van der Waals surface area contributed by atoms with Gasteiger partial charge in [-0.15, -0.1) is 11.3 Å². The highest BCUT2D eigenvalue weighted by atomic mass is 32.1. The van der Waals surface area contributed by atoms with E-state index in [4.69, 9.17) is 9.72 Å². The number of carbonyl (C=O) groups is 2. The summed E-state index contributed by atoms with van der Waals surface area (Å²) >= 11 is 1.58. The van der Waals surface area contributed by atoms with Crippen molar-refractivity contribution in [3.63, 3.8) is 0 Å². The minimum Gasteiger partial charge on any atom is -0.491 e. The Balaban J connectivity index is 1.11. The fourth-order valence-corrected chi connectivity index (χ4v) is 6.42. The van der Waals surface area contributed by atoms with Crippen LogP contribution >= 0.6 is 11.3 Å². The molecule has 0 bridgehead atoms. The third kappa shape index (κ3) is 6.50. The average Bonchev–Trinajstić information content (AvgIpc) is 3.47. The molecule has 2 aliphatic rings. The molecule has 206 valence electrons. The Bertz CT molecular complexity index is 1240. The fraction of sp³-hybridized carbons (Fsp3) is 0.452. The number of piperazine rings is 1. The van der Waals surface area contributed by atoms with Gasteiger partial charge in [0.05, 0.1) is 11.1 Å². The molecule has 0 aliphatic carbocycles. The lowest BCUT2D eigenvalue weighted by molar-refractivity contribution is 0.0577. The molecule has 39 heavy (non-hydrogen) atoms. The number of amides is 2. The van der Waals surface area contributed by atoms with Crippen LogP contribution in [0.1, 0.15) is 77.0 Å². The predicted molar refractivity (Wildman–Crippen MR) is 155 cm³/mol. The molecule has 5 rings (SSSR count). The van der Waals surface area contributed by atoms with E-state index in [1.807, 2.05) is 59.4 Å². The minimum absolute atomic E-state index is 0.0296. The van der Waals surface area contributed by atoms with Gasteiger partial charge in [-0.1, -0.05) is 30.3 Å². The number of hydrogen-bond acceptors (Lipinski definition) is 6. The second kappa shape index (κ2) is 12.3. The van der Waals surface area contributed by atoms with Gasteiger partial charge in [0.1, 0.15) is 11.4 Å². The van der Waals surface area contributed by atoms with Gasteiger partial charge in [0.15, 0.2) is 0 Å². The Morgan fingerprint density at radius 3 is 2.13 bits per heavy atom. The topological polar surface area (TPSA) is 66.0 Å². The van der Waals surface area contributed by atoms with Gasteiger partial charge in [-0.2, -0.15) is 0 Å². The van der Waals surface area contributed by atoms with E-state index < -0.39 is 0 Å². The van der Waals surface area contributed by atoms with Gasteiger partial charge in [-0.05, 0) is 63.4 Å². The minimum atomic E-state index is 0.0296. The zero-order valence-corrected chi connectivity index (χ0v) is 23.9. The normalized spacial score (nSPS) is 17.8. The van der Waals surface area contributed by atoms with Crippen molar-refractivity contribution in [2.45, 2.75) is 51.7 Å². The Morgan fingerprint density at radius 2 is 1.49 bits per heavy atom. The number of thiazole rings is 1. The first-order valence-corrected chi connectivity index (χ1v) is 14.9.